The Kier molecular flexibility index (Phi) is 5.87. The Morgan fingerprint density at radius 3 is 2.74 bits per heavy atom. The molecule has 27 heavy (non-hydrogen) atoms. The maximum Gasteiger partial charge on any atom is 0.340 e. The van der Waals surface area contributed by atoms with Crippen LogP contribution in [-0.2, 0) is 16.0 Å². The lowest BCUT2D eigenvalue weighted by molar-refractivity contribution is 0.0475. The van der Waals surface area contributed by atoms with E-state index in [1.807, 2.05) is 19.9 Å². The molecule has 1 atom stereocenters. The molecule has 3 rings (SSSR count). The molecule has 144 valence electrons. The van der Waals surface area contributed by atoms with Crippen LogP contribution in [0.5, 0.6) is 0 Å². The minimum atomic E-state index is -0.648. The number of nitrogen functional groups attached to an aromatic ring is 1. The molecule has 0 spiro atoms. The molecule has 0 saturated carbocycles. The van der Waals surface area contributed by atoms with Gasteiger partial charge in [-0.05, 0) is 51.0 Å². The number of carbonyl (C=O) groups is 2. The molecular formula is C20H23ClN2O4. The lowest BCUT2D eigenvalue weighted by atomic mass is 10.1. The van der Waals surface area contributed by atoms with E-state index in [0.717, 1.165) is 37.4 Å². The predicted molar refractivity (Wildman–Crippen MR) is 103 cm³/mol. The predicted octanol–water partition coefficient (Wildman–Crippen LogP) is 3.56. The highest BCUT2D eigenvalue weighted by atomic mass is 35.5. The number of nitrogens with zero attached hydrogens (tertiary/aromatic N) is 1. The van der Waals surface area contributed by atoms with Gasteiger partial charge in [-0.2, -0.15) is 0 Å². The number of ether oxygens (including phenoxy) is 2. The first-order valence-corrected chi connectivity index (χ1v) is 9.28. The van der Waals surface area contributed by atoms with Crippen molar-refractivity contribution in [2.24, 2.45) is 0 Å². The van der Waals surface area contributed by atoms with Gasteiger partial charge in [0.1, 0.15) is 0 Å². The van der Waals surface area contributed by atoms with Crippen LogP contribution in [0, 0.1) is 13.8 Å². The van der Waals surface area contributed by atoms with Crippen molar-refractivity contribution in [3.63, 3.8) is 0 Å². The number of Topliss-reactive ketones (excluding diaryl/α,β-unsaturated/α-hetero) is 1. The van der Waals surface area contributed by atoms with Crippen LogP contribution in [0.3, 0.4) is 0 Å². The molecule has 0 unspecified atom stereocenters. The second-order valence-electron chi connectivity index (χ2n) is 6.76. The molecule has 0 radical (unpaired) electrons. The first kappa shape index (κ1) is 19.5. The van der Waals surface area contributed by atoms with E-state index in [1.54, 1.807) is 6.07 Å². The first-order chi connectivity index (χ1) is 12.9. The van der Waals surface area contributed by atoms with Gasteiger partial charge in [0.25, 0.3) is 0 Å². The number of halogens is 1. The molecule has 1 saturated heterocycles. The van der Waals surface area contributed by atoms with Crippen molar-refractivity contribution in [3.05, 3.63) is 51.8 Å². The van der Waals surface area contributed by atoms with Gasteiger partial charge in [-0.25, -0.2) is 4.79 Å². The lowest BCUT2D eigenvalue weighted by Gasteiger charge is -2.14. The second kappa shape index (κ2) is 8.15. The number of hydrogen-bond acceptors (Lipinski definition) is 5. The van der Waals surface area contributed by atoms with E-state index < -0.39 is 5.97 Å². The zero-order valence-corrected chi connectivity index (χ0v) is 16.2. The van der Waals surface area contributed by atoms with Crippen molar-refractivity contribution in [1.82, 2.24) is 4.57 Å². The second-order valence-corrected chi connectivity index (χ2v) is 7.20. The van der Waals surface area contributed by atoms with Gasteiger partial charge in [-0.1, -0.05) is 11.6 Å². The third-order valence-corrected chi connectivity index (χ3v) is 5.09. The molecule has 1 aliphatic heterocycles. The number of ketones is 1. The molecule has 0 amide bonds. The first-order valence-electron chi connectivity index (χ1n) is 8.90. The molecule has 2 aromatic rings. The summed E-state index contributed by atoms with van der Waals surface area (Å²) in [5.74, 6) is -0.895. The Labute approximate surface area is 163 Å². The Morgan fingerprint density at radius 2 is 2.07 bits per heavy atom. The van der Waals surface area contributed by atoms with Crippen LogP contribution in [-0.4, -0.2) is 35.6 Å². The quantitative estimate of drug-likeness (QED) is 0.463. The Hall–Kier alpha value is -2.31. The van der Waals surface area contributed by atoms with Crippen molar-refractivity contribution in [1.29, 1.82) is 0 Å². The average molecular weight is 391 g/mol. The topological polar surface area (TPSA) is 83.5 Å². The number of nitrogens with two attached hydrogens (primary N) is 1. The van der Waals surface area contributed by atoms with E-state index in [9.17, 15) is 9.59 Å². The fraction of sp³-hybridized carbons (Fsp3) is 0.400. The number of anilines is 1. The summed E-state index contributed by atoms with van der Waals surface area (Å²) in [5.41, 5.74) is 8.59. The highest BCUT2D eigenvalue weighted by Crippen LogP contribution is 2.22. The molecule has 1 aromatic heterocycles. The van der Waals surface area contributed by atoms with Gasteiger partial charge in [-0.3, -0.25) is 4.79 Å². The standard InChI is InChI=1S/C20H23ClN2O4/c1-12-8-17(13(2)23(12)10-15-4-3-7-26-15)19(24)11-27-20(25)16-6-5-14(21)9-18(16)22/h5-6,8-9,15H,3-4,7,10-11,22H2,1-2H3/t15-/m0/s1. The number of esters is 1. The molecule has 0 aliphatic carbocycles. The summed E-state index contributed by atoms with van der Waals surface area (Å²) >= 11 is 5.83. The molecule has 2 heterocycles. The van der Waals surface area contributed by atoms with Crippen LogP contribution >= 0.6 is 11.6 Å². The number of benzene rings is 1. The summed E-state index contributed by atoms with van der Waals surface area (Å²) in [7, 11) is 0. The van der Waals surface area contributed by atoms with Crippen LogP contribution in [0.25, 0.3) is 0 Å². The van der Waals surface area contributed by atoms with Crippen LogP contribution in [0.2, 0.25) is 5.02 Å². The van der Waals surface area contributed by atoms with Crippen molar-refractivity contribution in [2.45, 2.75) is 39.3 Å². The van der Waals surface area contributed by atoms with Crippen LogP contribution in [0.1, 0.15) is 44.9 Å². The van der Waals surface area contributed by atoms with Crippen molar-refractivity contribution in [3.8, 4) is 0 Å². The van der Waals surface area contributed by atoms with Gasteiger partial charge in [0.05, 0.1) is 11.7 Å². The van der Waals surface area contributed by atoms with E-state index in [1.165, 1.54) is 12.1 Å². The van der Waals surface area contributed by atoms with Gasteiger partial charge in [0.2, 0.25) is 5.78 Å². The summed E-state index contributed by atoms with van der Waals surface area (Å²) in [4.78, 5) is 24.7. The highest BCUT2D eigenvalue weighted by Gasteiger charge is 2.22. The lowest BCUT2D eigenvalue weighted by Crippen LogP contribution is -2.18. The molecule has 0 bridgehead atoms. The van der Waals surface area contributed by atoms with E-state index >= 15 is 0 Å². The summed E-state index contributed by atoms with van der Waals surface area (Å²) in [6.45, 7) is 5.03. The van der Waals surface area contributed by atoms with Crippen LogP contribution in [0.15, 0.2) is 24.3 Å². The van der Waals surface area contributed by atoms with E-state index in [-0.39, 0.29) is 29.7 Å². The Balaban J connectivity index is 1.66. The fourth-order valence-corrected chi connectivity index (χ4v) is 3.54. The monoisotopic (exact) mass is 390 g/mol. The van der Waals surface area contributed by atoms with E-state index in [2.05, 4.69) is 4.57 Å². The summed E-state index contributed by atoms with van der Waals surface area (Å²) < 4.78 is 12.9. The summed E-state index contributed by atoms with van der Waals surface area (Å²) in [6, 6.07) is 6.34. The fourth-order valence-electron chi connectivity index (χ4n) is 3.36. The highest BCUT2D eigenvalue weighted by molar-refractivity contribution is 6.31. The van der Waals surface area contributed by atoms with Gasteiger partial charge in [0, 0.05) is 40.8 Å². The zero-order valence-electron chi connectivity index (χ0n) is 15.5. The molecule has 7 heteroatoms. The molecule has 1 aliphatic rings. The zero-order chi connectivity index (χ0) is 19.6. The number of aryl methyl sites for hydroxylation is 1. The van der Waals surface area contributed by atoms with Crippen molar-refractivity contribution in [2.75, 3.05) is 18.9 Å². The number of hydrogen-bond donors (Lipinski definition) is 1. The molecule has 2 N–H and O–H groups in total. The number of carbonyl (C=O) groups excluding carboxylic acids is 2. The Morgan fingerprint density at radius 1 is 1.30 bits per heavy atom. The third kappa shape index (κ3) is 4.34. The molecule has 1 fully saturated rings. The van der Waals surface area contributed by atoms with Gasteiger partial charge < -0.3 is 19.8 Å². The van der Waals surface area contributed by atoms with E-state index in [0.29, 0.717) is 10.6 Å². The van der Waals surface area contributed by atoms with Crippen molar-refractivity contribution >= 4 is 29.0 Å². The van der Waals surface area contributed by atoms with Gasteiger partial charge >= 0.3 is 5.97 Å². The smallest absolute Gasteiger partial charge is 0.340 e. The normalized spacial score (nSPS) is 16.5. The molecular weight excluding hydrogens is 368 g/mol. The van der Waals surface area contributed by atoms with E-state index in [4.69, 9.17) is 26.8 Å². The minimum absolute atomic E-state index is 0.184. The van der Waals surface area contributed by atoms with Crippen LogP contribution in [0.4, 0.5) is 5.69 Å². The largest absolute Gasteiger partial charge is 0.454 e. The third-order valence-electron chi connectivity index (χ3n) is 4.85. The number of aromatic nitrogens is 1. The SMILES string of the molecule is Cc1cc(C(=O)COC(=O)c2ccc(Cl)cc2N)c(C)n1C[C@@H]1CCCO1. The maximum absolute atomic E-state index is 12.6. The minimum Gasteiger partial charge on any atom is -0.454 e. The number of rotatable bonds is 6. The Bertz CT molecular complexity index is 869. The molecule has 1 aromatic carbocycles. The summed E-state index contributed by atoms with van der Waals surface area (Å²) in [6.07, 6.45) is 2.28. The maximum atomic E-state index is 12.6. The van der Waals surface area contributed by atoms with Gasteiger partial charge in [0.15, 0.2) is 6.61 Å². The molecule has 6 nitrogen and oxygen atoms in total. The van der Waals surface area contributed by atoms with Crippen molar-refractivity contribution < 1.29 is 19.1 Å². The van der Waals surface area contributed by atoms with Gasteiger partial charge in [-0.15, -0.1) is 0 Å². The average Bonchev–Trinajstić information content (AvgIpc) is 3.23. The van der Waals surface area contributed by atoms with Crippen LogP contribution < -0.4 is 5.73 Å². The summed E-state index contributed by atoms with van der Waals surface area (Å²) in [5, 5.41) is 0.429.